The van der Waals surface area contributed by atoms with E-state index in [0.29, 0.717) is 17.8 Å². The summed E-state index contributed by atoms with van der Waals surface area (Å²) >= 11 is 0. The van der Waals surface area contributed by atoms with Crippen LogP contribution in [0, 0.1) is 0 Å². The SMILES string of the molecule is Oc1ccc2c(c1)CC(NC1CCCC1)CO2. The molecule has 0 radical (unpaired) electrons. The molecule has 1 aromatic carbocycles. The van der Waals surface area contributed by atoms with E-state index in [-0.39, 0.29) is 0 Å². The number of hydrogen-bond donors (Lipinski definition) is 2. The van der Waals surface area contributed by atoms with Gasteiger partial charge < -0.3 is 15.2 Å². The lowest BCUT2D eigenvalue weighted by Gasteiger charge is -2.28. The fourth-order valence-corrected chi connectivity index (χ4v) is 2.91. The summed E-state index contributed by atoms with van der Waals surface area (Å²) in [5.41, 5.74) is 1.12. The molecule has 0 bridgehead atoms. The summed E-state index contributed by atoms with van der Waals surface area (Å²) in [5, 5.41) is 13.2. The van der Waals surface area contributed by atoms with E-state index in [1.54, 1.807) is 6.07 Å². The zero-order valence-electron chi connectivity index (χ0n) is 9.98. The minimum atomic E-state index is 0.328. The van der Waals surface area contributed by atoms with Crippen LogP contribution in [0.4, 0.5) is 0 Å². The molecule has 1 fully saturated rings. The van der Waals surface area contributed by atoms with Crippen LogP contribution in [0.1, 0.15) is 31.2 Å². The van der Waals surface area contributed by atoms with Gasteiger partial charge in [0, 0.05) is 12.1 Å². The second-order valence-corrected chi connectivity index (χ2v) is 5.15. The average Bonchev–Trinajstić information content (AvgIpc) is 2.81. The molecule has 1 saturated carbocycles. The summed E-state index contributed by atoms with van der Waals surface area (Å²) in [4.78, 5) is 0. The van der Waals surface area contributed by atoms with Crippen molar-refractivity contribution in [2.24, 2.45) is 0 Å². The first-order valence-electron chi connectivity index (χ1n) is 6.52. The quantitative estimate of drug-likeness (QED) is 0.823. The second-order valence-electron chi connectivity index (χ2n) is 5.15. The van der Waals surface area contributed by atoms with Crippen molar-refractivity contribution in [3.63, 3.8) is 0 Å². The van der Waals surface area contributed by atoms with Gasteiger partial charge in [-0.1, -0.05) is 12.8 Å². The van der Waals surface area contributed by atoms with Crippen LogP contribution in [0.2, 0.25) is 0 Å². The molecule has 1 aliphatic carbocycles. The zero-order valence-corrected chi connectivity index (χ0v) is 9.98. The highest BCUT2D eigenvalue weighted by molar-refractivity contribution is 5.41. The molecule has 1 unspecified atom stereocenters. The third kappa shape index (κ3) is 2.39. The standard InChI is InChI=1S/C14H19NO2/c16-13-5-6-14-10(8-13)7-12(9-17-14)15-11-3-1-2-4-11/h5-6,8,11-12,15-16H,1-4,7,9H2. The Bertz CT molecular complexity index is 399. The van der Waals surface area contributed by atoms with Crippen LogP contribution in [-0.2, 0) is 6.42 Å². The maximum atomic E-state index is 9.48. The first-order chi connectivity index (χ1) is 8.31. The van der Waals surface area contributed by atoms with E-state index in [2.05, 4.69) is 5.32 Å². The predicted molar refractivity (Wildman–Crippen MR) is 66.5 cm³/mol. The molecule has 2 N–H and O–H groups in total. The largest absolute Gasteiger partial charge is 0.508 e. The highest BCUT2D eigenvalue weighted by Crippen LogP contribution is 2.29. The lowest BCUT2D eigenvalue weighted by atomic mass is 10.0. The Balaban J connectivity index is 1.67. The van der Waals surface area contributed by atoms with Gasteiger partial charge in [0.05, 0.1) is 0 Å². The van der Waals surface area contributed by atoms with E-state index < -0.39 is 0 Å². The Morgan fingerprint density at radius 1 is 1.18 bits per heavy atom. The van der Waals surface area contributed by atoms with Gasteiger partial charge in [-0.05, 0) is 43.0 Å². The number of benzene rings is 1. The molecule has 0 saturated heterocycles. The van der Waals surface area contributed by atoms with Crippen LogP contribution in [-0.4, -0.2) is 23.8 Å². The lowest BCUT2D eigenvalue weighted by molar-refractivity contribution is 0.227. The highest BCUT2D eigenvalue weighted by atomic mass is 16.5. The van der Waals surface area contributed by atoms with Gasteiger partial charge in [-0.25, -0.2) is 0 Å². The number of phenolic OH excluding ortho intramolecular Hbond substituents is 1. The van der Waals surface area contributed by atoms with Gasteiger partial charge in [-0.2, -0.15) is 0 Å². The molecular formula is C14H19NO2. The van der Waals surface area contributed by atoms with Crippen molar-refractivity contribution >= 4 is 0 Å². The first-order valence-corrected chi connectivity index (χ1v) is 6.52. The molecule has 92 valence electrons. The van der Waals surface area contributed by atoms with Crippen molar-refractivity contribution in [1.82, 2.24) is 5.32 Å². The topological polar surface area (TPSA) is 41.5 Å². The summed E-state index contributed by atoms with van der Waals surface area (Å²) in [6, 6.07) is 6.42. The van der Waals surface area contributed by atoms with Crippen molar-refractivity contribution in [2.45, 2.75) is 44.2 Å². The molecule has 0 amide bonds. The third-order valence-electron chi connectivity index (χ3n) is 3.78. The van der Waals surface area contributed by atoms with Gasteiger partial charge in [0.1, 0.15) is 18.1 Å². The molecule has 3 nitrogen and oxygen atoms in total. The van der Waals surface area contributed by atoms with Gasteiger partial charge in [0.25, 0.3) is 0 Å². The molecule has 1 atom stereocenters. The average molecular weight is 233 g/mol. The Labute approximate surface area is 102 Å². The van der Waals surface area contributed by atoms with Crippen LogP contribution in [0.5, 0.6) is 11.5 Å². The van der Waals surface area contributed by atoms with Crippen molar-refractivity contribution in [2.75, 3.05) is 6.61 Å². The van der Waals surface area contributed by atoms with Crippen molar-refractivity contribution in [1.29, 1.82) is 0 Å². The van der Waals surface area contributed by atoms with Crippen LogP contribution >= 0.6 is 0 Å². The second kappa shape index (κ2) is 4.57. The molecule has 17 heavy (non-hydrogen) atoms. The third-order valence-corrected chi connectivity index (χ3v) is 3.78. The summed E-state index contributed by atoms with van der Waals surface area (Å²) in [6.45, 7) is 0.744. The summed E-state index contributed by atoms with van der Waals surface area (Å²) in [5.74, 6) is 1.25. The maximum absolute atomic E-state index is 9.48. The number of ether oxygens (including phenoxy) is 1. The number of fused-ring (bicyclic) bond motifs is 1. The molecular weight excluding hydrogens is 214 g/mol. The molecule has 3 rings (SSSR count). The molecule has 1 heterocycles. The lowest BCUT2D eigenvalue weighted by Crippen LogP contribution is -2.43. The van der Waals surface area contributed by atoms with Gasteiger partial charge in [0.2, 0.25) is 0 Å². The van der Waals surface area contributed by atoms with Crippen LogP contribution in [0.25, 0.3) is 0 Å². The number of hydrogen-bond acceptors (Lipinski definition) is 3. The fourth-order valence-electron chi connectivity index (χ4n) is 2.91. The smallest absolute Gasteiger partial charge is 0.122 e. The Morgan fingerprint density at radius 2 is 2.00 bits per heavy atom. The number of nitrogens with one attached hydrogen (secondary N) is 1. The predicted octanol–water partition coefficient (Wildman–Crippen LogP) is 2.23. The summed E-state index contributed by atoms with van der Waals surface area (Å²) < 4.78 is 5.73. The van der Waals surface area contributed by atoms with E-state index in [1.165, 1.54) is 25.7 Å². The molecule has 1 aliphatic heterocycles. The number of rotatable bonds is 2. The Hall–Kier alpha value is -1.22. The normalized spacial score (nSPS) is 24.4. The number of aromatic hydroxyl groups is 1. The van der Waals surface area contributed by atoms with Crippen molar-refractivity contribution in [3.8, 4) is 11.5 Å². The molecule has 0 aromatic heterocycles. The van der Waals surface area contributed by atoms with Crippen LogP contribution in [0.15, 0.2) is 18.2 Å². The van der Waals surface area contributed by atoms with Gasteiger partial charge in [-0.3, -0.25) is 0 Å². The first kappa shape index (κ1) is 10.9. The van der Waals surface area contributed by atoms with Crippen molar-refractivity contribution < 1.29 is 9.84 Å². The van der Waals surface area contributed by atoms with Gasteiger partial charge >= 0.3 is 0 Å². The summed E-state index contributed by atoms with van der Waals surface area (Å²) in [6.07, 6.45) is 6.25. The van der Waals surface area contributed by atoms with Crippen LogP contribution in [0.3, 0.4) is 0 Å². The molecule has 0 spiro atoms. The zero-order chi connectivity index (χ0) is 11.7. The van der Waals surface area contributed by atoms with E-state index in [4.69, 9.17) is 4.74 Å². The van der Waals surface area contributed by atoms with E-state index in [9.17, 15) is 5.11 Å². The van der Waals surface area contributed by atoms with E-state index in [0.717, 1.165) is 24.3 Å². The fraction of sp³-hybridized carbons (Fsp3) is 0.571. The monoisotopic (exact) mass is 233 g/mol. The highest BCUT2D eigenvalue weighted by Gasteiger charge is 2.24. The van der Waals surface area contributed by atoms with E-state index in [1.807, 2.05) is 12.1 Å². The minimum absolute atomic E-state index is 0.328. The van der Waals surface area contributed by atoms with Crippen LogP contribution < -0.4 is 10.1 Å². The maximum Gasteiger partial charge on any atom is 0.122 e. The van der Waals surface area contributed by atoms with Gasteiger partial charge in [-0.15, -0.1) is 0 Å². The van der Waals surface area contributed by atoms with E-state index >= 15 is 0 Å². The Morgan fingerprint density at radius 3 is 2.82 bits per heavy atom. The van der Waals surface area contributed by atoms with Crippen molar-refractivity contribution in [3.05, 3.63) is 23.8 Å². The minimum Gasteiger partial charge on any atom is -0.508 e. The summed E-state index contributed by atoms with van der Waals surface area (Å²) in [7, 11) is 0. The Kier molecular flexibility index (Phi) is 2.93. The number of phenols is 1. The van der Waals surface area contributed by atoms with Gasteiger partial charge in [0.15, 0.2) is 0 Å². The molecule has 1 aromatic rings. The molecule has 2 aliphatic rings. The molecule has 3 heteroatoms.